The lowest BCUT2D eigenvalue weighted by atomic mass is 10.1. The molecule has 4 aromatic carbocycles. The van der Waals surface area contributed by atoms with Crippen molar-refractivity contribution in [2.45, 2.75) is 139 Å². The number of pyridine rings is 1. The Bertz CT molecular complexity index is 8010. The summed E-state index contributed by atoms with van der Waals surface area (Å²) in [5, 5.41) is 0. The largest absolute Gasteiger partial charge is 0.497 e. The topological polar surface area (TPSA) is 386 Å². The summed E-state index contributed by atoms with van der Waals surface area (Å²) in [6, 6.07) is 37.2. The van der Waals surface area contributed by atoms with Crippen molar-refractivity contribution < 1.29 is 13.9 Å². The van der Waals surface area contributed by atoms with Gasteiger partial charge in [-0.3, -0.25) is 75.4 Å². The van der Waals surface area contributed by atoms with Crippen LogP contribution in [0.1, 0.15) is 125 Å². The summed E-state index contributed by atoms with van der Waals surface area (Å²) in [4.78, 5) is 164. The summed E-state index contributed by atoms with van der Waals surface area (Å²) in [5.74, 6) is 3.14. The first-order valence-corrected chi connectivity index (χ1v) is 44.0. The lowest BCUT2D eigenvalue weighted by molar-refractivity contribution is -0.116. The standard InChI is InChI=1S/C23H21ClN6O3S.C23H22N6O2.C22H22N6O3S.C21H19FN6O2S/c1-3-29-20-19(21(32)27-22(29)33)30(10-15-6-4-14(5-7-15)8-13(2)31)18(26-20)9-16-11-28-12-17(24)34-23(28)25-16;1-2-11-28-21-20(22(30)26-23(28)31)29(14-16-8-4-3-5-9-16)19(25-21)13-17-15-27-12-7-6-10-18(27)24-17;1-4-27-19-18(20(29)25-21(27)30)28(11-14-5-7-16(31-3)8-6-14)17(24-19)9-15-12-26-10-13(2)32-22(26)23-15;1-3-27-18-17(19(29)25-20(27)30)28(10-13-4-6-14(22)7-5-13)16(24-18)8-15-11-26-9-12(2)31-21(26)23-15/h4-7,11-12H,3,8-10H2,1-2H3,(H,27,32,33);3-10,12,15H,2,11,13-14H2,1H3,(H,26,30,31);5-8,10,12H,4,9,11H2,1-3H3,(H,25,29,30);4-7,9,11H,3,8,10H2,1-2H3,(H,25,29,30). The van der Waals surface area contributed by atoms with Crippen LogP contribution in [0.15, 0.2) is 209 Å². The van der Waals surface area contributed by atoms with Crippen LogP contribution in [-0.2, 0) is 89.3 Å². The number of aromatic amines is 4. The number of benzene rings is 4. The second kappa shape index (κ2) is 36.1. The summed E-state index contributed by atoms with van der Waals surface area (Å²) in [7, 11) is 1.62. The lowest BCUT2D eigenvalue weighted by Crippen LogP contribution is -2.31. The third-order valence-corrected chi connectivity index (χ3v) is 24.5. The Kier molecular flexibility index (Phi) is 24.2. The number of imidazole rings is 8. The molecule has 652 valence electrons. The molecule has 0 radical (unpaired) electrons. The van der Waals surface area contributed by atoms with Crippen molar-refractivity contribution in [2.75, 3.05) is 7.11 Å². The number of ketones is 1. The van der Waals surface area contributed by atoms with Gasteiger partial charge in [0, 0.05) is 144 Å². The summed E-state index contributed by atoms with van der Waals surface area (Å²) in [6.45, 7) is 16.4. The van der Waals surface area contributed by atoms with Gasteiger partial charge in [-0.15, -0.1) is 22.7 Å². The van der Waals surface area contributed by atoms with E-state index in [2.05, 4.69) is 39.9 Å². The molecule has 0 saturated carbocycles. The third kappa shape index (κ3) is 17.6. The summed E-state index contributed by atoms with van der Waals surface area (Å²) >= 11 is 10.7. The molecule has 0 fully saturated rings. The maximum Gasteiger partial charge on any atom is 0.330 e. The molecule has 128 heavy (non-hydrogen) atoms. The van der Waals surface area contributed by atoms with E-state index < -0.39 is 45.0 Å². The SMILES string of the molecule is CCCn1c(=O)[nH]c(=O)c2c1nc(Cc1cn3ccccc3n1)n2Cc1ccccc1.CCn1c(=O)[nH]c(=O)c2c1nc(Cc1cn3cc(C)sc3n1)n2Cc1ccc(F)cc1.CCn1c(=O)[nH]c(=O)c2c1nc(Cc1cn3cc(C)sc3n1)n2Cc1ccc(OC)cc1.CCn1c(=O)[nH]c(=O)c2c1nc(Cc1cn3cc(Cl)sc3n1)n2Cc1ccc(CC(C)=O)cc1. The number of hydrogen-bond donors (Lipinski definition) is 4. The van der Waals surface area contributed by atoms with E-state index in [1.165, 1.54) is 42.0 Å². The second-order valence-corrected chi connectivity index (χ2v) is 34.7. The first-order chi connectivity index (χ1) is 61.8. The highest BCUT2D eigenvalue weighted by Gasteiger charge is 2.26. The highest BCUT2D eigenvalue weighted by Crippen LogP contribution is 2.28. The van der Waals surface area contributed by atoms with Gasteiger partial charge in [0.05, 0.1) is 29.9 Å². The number of hydrogen-bond acceptors (Lipinski definition) is 21. The number of aromatic nitrogens is 24. The van der Waals surface area contributed by atoms with Crippen molar-refractivity contribution in [2.24, 2.45) is 0 Å². The van der Waals surface area contributed by atoms with E-state index in [1.807, 2.05) is 213 Å². The first kappa shape index (κ1) is 85.5. The molecule has 0 aliphatic carbocycles. The fourth-order valence-corrected chi connectivity index (χ4v) is 18.5. The van der Waals surface area contributed by atoms with E-state index in [0.717, 1.165) is 88.2 Å². The Morgan fingerprint density at radius 3 is 1.13 bits per heavy atom. The van der Waals surface area contributed by atoms with Crippen LogP contribution >= 0.6 is 45.6 Å². The number of H-pyrrole nitrogens is 4. The number of nitrogens with one attached hydrogen (secondary N) is 4. The number of methoxy groups -OCH3 is 1. The van der Waals surface area contributed by atoms with Crippen molar-refractivity contribution in [1.82, 2.24) is 114 Å². The monoisotopic (exact) mass is 1800 g/mol. The Morgan fingerprint density at radius 1 is 0.398 bits per heavy atom. The van der Waals surface area contributed by atoms with Crippen molar-refractivity contribution in [3.05, 3.63) is 348 Å². The highest BCUT2D eigenvalue weighted by molar-refractivity contribution is 7.20. The molecular weight excluding hydrogens is 1720 g/mol. The summed E-state index contributed by atoms with van der Waals surface area (Å²) in [6.07, 6.45) is 18.3. The number of halogens is 2. The van der Waals surface area contributed by atoms with Crippen molar-refractivity contribution in [1.29, 1.82) is 0 Å². The van der Waals surface area contributed by atoms with Gasteiger partial charge < -0.3 is 27.4 Å². The molecule has 20 rings (SSSR count). The number of thiazole rings is 3. The van der Waals surface area contributed by atoms with Gasteiger partial charge in [0.2, 0.25) is 0 Å². The van der Waals surface area contributed by atoms with Crippen LogP contribution in [0.2, 0.25) is 4.34 Å². The molecule has 20 aromatic rings. The fraction of sp³-hybridized carbons (Fsp3) is 0.247. The first-order valence-electron chi connectivity index (χ1n) is 41.2. The predicted octanol–water partition coefficient (Wildman–Crippen LogP) is 10.9. The number of ether oxygens (including phenoxy) is 1. The molecule has 34 nitrogen and oxygen atoms in total. The van der Waals surface area contributed by atoms with Crippen LogP contribution in [0, 0.1) is 19.7 Å². The molecule has 0 saturated heterocycles. The van der Waals surface area contributed by atoms with Crippen LogP contribution in [0.3, 0.4) is 0 Å². The number of nitrogens with zero attached hydrogens (tertiary/aromatic N) is 20. The summed E-state index contributed by atoms with van der Waals surface area (Å²) < 4.78 is 40.4. The summed E-state index contributed by atoms with van der Waals surface area (Å²) in [5.41, 5.74) is 8.12. The zero-order valence-corrected chi connectivity index (χ0v) is 73.8. The van der Waals surface area contributed by atoms with E-state index in [0.29, 0.717) is 157 Å². The number of carbonyl (C=O) groups excluding carboxylic acids is 1. The molecule has 0 bridgehead atoms. The van der Waals surface area contributed by atoms with E-state index in [-0.39, 0.29) is 11.6 Å². The zero-order valence-electron chi connectivity index (χ0n) is 70.6. The molecule has 16 aromatic heterocycles. The number of carbonyl (C=O) groups is 1. The Morgan fingerprint density at radius 2 is 0.750 bits per heavy atom. The molecule has 4 N–H and O–H groups in total. The van der Waals surface area contributed by atoms with Crippen LogP contribution in [0.25, 0.3) is 65.2 Å². The molecule has 39 heteroatoms. The van der Waals surface area contributed by atoms with Crippen molar-refractivity contribution in [3.63, 3.8) is 0 Å². The van der Waals surface area contributed by atoms with E-state index >= 15 is 0 Å². The average molecular weight is 1800 g/mol. The average Bonchev–Trinajstić information content (AvgIpc) is 1.63. The molecular formula is C89H84ClFN24O10S3. The van der Waals surface area contributed by atoms with Gasteiger partial charge >= 0.3 is 22.8 Å². The number of fused-ring (bicyclic) bond motifs is 8. The van der Waals surface area contributed by atoms with E-state index in [9.17, 15) is 47.5 Å². The predicted molar refractivity (Wildman–Crippen MR) is 489 cm³/mol. The minimum atomic E-state index is -0.494. The normalized spacial score (nSPS) is 11.6. The van der Waals surface area contributed by atoms with Gasteiger partial charge in [-0.1, -0.05) is 115 Å². The molecule has 0 aliphatic rings. The number of aryl methyl sites for hydroxylation is 6. The molecule has 16 heterocycles. The number of rotatable bonds is 24. The Hall–Kier alpha value is -14.6. The lowest BCUT2D eigenvalue weighted by Gasteiger charge is -2.09. The van der Waals surface area contributed by atoms with Gasteiger partial charge in [0.1, 0.15) is 50.6 Å². The van der Waals surface area contributed by atoms with Gasteiger partial charge in [-0.05, 0) is 112 Å². The third-order valence-electron chi connectivity index (χ3n) is 21.6. The fourth-order valence-electron chi connectivity index (χ4n) is 15.8. The second-order valence-electron chi connectivity index (χ2n) is 30.6. The van der Waals surface area contributed by atoms with Gasteiger partial charge in [0.15, 0.2) is 59.5 Å². The Labute approximate surface area is 740 Å². The van der Waals surface area contributed by atoms with Crippen LogP contribution < -0.4 is 49.7 Å². The maximum absolute atomic E-state index is 13.4. The van der Waals surface area contributed by atoms with Crippen LogP contribution in [-0.4, -0.2) is 127 Å². The molecule has 0 spiro atoms. The van der Waals surface area contributed by atoms with Gasteiger partial charge in [-0.2, -0.15) is 0 Å². The zero-order chi connectivity index (χ0) is 89.5. The quantitative estimate of drug-likeness (QED) is 0.0436. The van der Waals surface area contributed by atoms with Crippen LogP contribution in [0.4, 0.5) is 4.39 Å². The van der Waals surface area contributed by atoms with Crippen molar-refractivity contribution in [3.8, 4) is 5.75 Å². The smallest absolute Gasteiger partial charge is 0.330 e. The minimum Gasteiger partial charge on any atom is -0.497 e. The highest BCUT2D eigenvalue weighted by atomic mass is 35.5. The maximum atomic E-state index is 13.4. The molecule has 0 aliphatic heterocycles. The molecule has 0 unspecified atom stereocenters. The molecule has 0 atom stereocenters. The van der Waals surface area contributed by atoms with Crippen LogP contribution in [0.5, 0.6) is 5.75 Å². The van der Waals surface area contributed by atoms with Crippen molar-refractivity contribution >= 4 is 117 Å². The van der Waals surface area contributed by atoms with Gasteiger partial charge in [-0.25, -0.2) is 63.4 Å². The van der Waals surface area contributed by atoms with E-state index in [1.54, 1.807) is 64.2 Å². The molecule has 0 amide bonds. The van der Waals surface area contributed by atoms with Gasteiger partial charge in [0.25, 0.3) is 22.2 Å². The Balaban J connectivity index is 0.000000120. The number of Topliss-reactive ketones (excluding diaryl/α,β-unsaturated/α-hetero) is 1. The van der Waals surface area contributed by atoms with E-state index in [4.69, 9.17) is 36.3 Å². The minimum absolute atomic E-state index is 0.0981.